The minimum Gasteiger partial charge on any atom is -0.494 e. The molecule has 4 aromatic rings. The Morgan fingerprint density at radius 1 is 1.02 bits per heavy atom. The minimum absolute atomic E-state index is 0.00167. The van der Waals surface area contributed by atoms with Crippen molar-refractivity contribution in [2.24, 2.45) is 10.9 Å². The molecular formula is C34H35Cl4F2N7O9S. The summed E-state index contributed by atoms with van der Waals surface area (Å²) in [6, 6.07) is 6.78. The van der Waals surface area contributed by atoms with Gasteiger partial charge in [0.1, 0.15) is 22.6 Å². The molecule has 23 heteroatoms. The van der Waals surface area contributed by atoms with Crippen LogP contribution in [-0.4, -0.2) is 80.5 Å². The number of methoxy groups -OCH3 is 1. The highest BCUT2D eigenvalue weighted by Gasteiger charge is 2.43. The number of anilines is 1. The monoisotopic (exact) mass is 895 g/mol. The largest absolute Gasteiger partial charge is 0.494 e. The van der Waals surface area contributed by atoms with Gasteiger partial charge in [-0.3, -0.25) is 14.5 Å². The molecule has 1 amide bonds. The second-order valence-electron chi connectivity index (χ2n) is 12.4. The molecule has 5 rings (SSSR count). The number of carboxylic acids is 2. The van der Waals surface area contributed by atoms with Gasteiger partial charge >= 0.3 is 24.2 Å². The summed E-state index contributed by atoms with van der Waals surface area (Å²) in [6.45, 7) is 5.61. The number of alkyl halides is 2. The first kappa shape index (κ1) is 46.6. The number of ether oxygens (including phenoxy) is 1. The second kappa shape index (κ2) is 18.6. The van der Waals surface area contributed by atoms with E-state index in [0.717, 1.165) is 17.9 Å². The second-order valence-corrected chi connectivity index (χ2v) is 15.8. The number of amidine groups is 1. The number of hydrogen-bond donors (Lipinski definition) is 4. The summed E-state index contributed by atoms with van der Waals surface area (Å²) in [6.07, 6.45) is 3.21. The average molecular weight is 898 g/mol. The molecule has 1 aliphatic rings. The van der Waals surface area contributed by atoms with Crippen molar-refractivity contribution in [1.82, 2.24) is 24.6 Å². The van der Waals surface area contributed by atoms with Crippen LogP contribution in [0.15, 0.2) is 46.3 Å². The molecule has 0 fully saturated rings. The number of rotatable bonds is 10. The molecule has 4 N–H and O–H groups in total. The summed E-state index contributed by atoms with van der Waals surface area (Å²) in [5.74, 6) is -2.39. The van der Waals surface area contributed by atoms with E-state index in [9.17, 15) is 41.5 Å². The van der Waals surface area contributed by atoms with E-state index in [-0.39, 0.29) is 82.1 Å². The lowest BCUT2D eigenvalue weighted by atomic mass is 9.89. The van der Waals surface area contributed by atoms with Gasteiger partial charge in [-0.05, 0) is 62.1 Å². The van der Waals surface area contributed by atoms with Crippen molar-refractivity contribution in [3.8, 4) is 11.4 Å². The number of aromatic carboxylic acids is 2. The van der Waals surface area contributed by atoms with E-state index in [2.05, 4.69) is 25.1 Å². The smallest absolute Gasteiger partial charge is 0.355 e. The minimum atomic E-state index is -3.65. The van der Waals surface area contributed by atoms with Crippen molar-refractivity contribution in [3.63, 3.8) is 0 Å². The zero-order chi connectivity index (χ0) is 43.3. The molecule has 2 aromatic carbocycles. The highest BCUT2D eigenvalue weighted by molar-refractivity contribution is 7.92. The van der Waals surface area contributed by atoms with E-state index in [0.29, 0.717) is 11.1 Å². The molecule has 0 saturated heterocycles. The van der Waals surface area contributed by atoms with Gasteiger partial charge in [0.15, 0.2) is 11.6 Å². The lowest BCUT2D eigenvalue weighted by Gasteiger charge is -2.21. The molecule has 0 spiro atoms. The fraction of sp³-hybridized carbons (Fsp3) is 0.324. The Bertz CT molecular complexity index is 2430. The third-order valence-corrected chi connectivity index (χ3v) is 10.00. The van der Waals surface area contributed by atoms with E-state index < -0.39 is 39.7 Å². The van der Waals surface area contributed by atoms with Crippen LogP contribution in [0.2, 0.25) is 20.1 Å². The molecule has 0 aliphatic carbocycles. The van der Waals surface area contributed by atoms with Gasteiger partial charge in [0.05, 0.1) is 50.4 Å². The van der Waals surface area contributed by atoms with E-state index in [1.165, 1.54) is 32.2 Å². The summed E-state index contributed by atoms with van der Waals surface area (Å²) in [7, 11) is -2.31. The standard InChI is InChI=1S/C15H19N3O3.C11H10Cl2F2N4O3S.C8H6Cl2O3/c1-5-9-6-10(13(19)20)11(16-7-9)12-17-14(21)15(4,18-12)8(2)3;1-5-16-19(11(20)18(5)10(14)15)9-4-8(17-23(2,21)22)6(12)3-7(9)13;1-13-7-5(10)3-2-4(9)6(7)8(11)12/h6-8H,5H2,1-4H3,(H,19,20)(H,17,18,21);3-4,10,17H,1-2H3;2-3H,1H3,(H,11,12). The SMILES string of the molecule is CCc1cnc(C2=NC(C)(C(C)C)C(=O)N2)c(C(=O)O)c1.COc1c(Cl)ccc(Cl)c1C(=O)O.Cc1nn(-c2cc(NS(C)(=O)=O)c(Cl)cc2Cl)c(=O)n1C(F)F. The number of sulfonamides is 1. The van der Waals surface area contributed by atoms with Gasteiger partial charge < -0.3 is 20.3 Å². The Labute approximate surface area is 344 Å². The molecule has 57 heavy (non-hydrogen) atoms. The van der Waals surface area contributed by atoms with Crippen LogP contribution in [0, 0.1) is 12.8 Å². The lowest BCUT2D eigenvalue weighted by molar-refractivity contribution is -0.124. The molecule has 1 unspecified atom stereocenters. The Morgan fingerprint density at radius 3 is 2.09 bits per heavy atom. The van der Waals surface area contributed by atoms with Crippen LogP contribution in [0.4, 0.5) is 14.5 Å². The number of amides is 1. The van der Waals surface area contributed by atoms with Gasteiger partial charge in [-0.25, -0.2) is 32.4 Å². The highest BCUT2D eigenvalue weighted by Crippen LogP contribution is 2.34. The van der Waals surface area contributed by atoms with E-state index in [1.807, 2.05) is 20.8 Å². The van der Waals surface area contributed by atoms with Crippen molar-refractivity contribution >= 4 is 85.8 Å². The summed E-state index contributed by atoms with van der Waals surface area (Å²) >= 11 is 23.2. The number of nitrogens with one attached hydrogen (secondary N) is 2. The molecule has 3 heterocycles. The Balaban J connectivity index is 0.000000238. The van der Waals surface area contributed by atoms with Gasteiger partial charge in [0.25, 0.3) is 5.91 Å². The summed E-state index contributed by atoms with van der Waals surface area (Å²) in [5, 5.41) is 24.7. The molecular weight excluding hydrogens is 862 g/mol. The Hall–Kier alpha value is -4.82. The summed E-state index contributed by atoms with van der Waals surface area (Å²) < 4.78 is 56.1. The maximum Gasteiger partial charge on any atom is 0.355 e. The van der Waals surface area contributed by atoms with Crippen molar-refractivity contribution in [2.75, 3.05) is 18.1 Å². The predicted molar refractivity (Wildman–Crippen MR) is 211 cm³/mol. The number of carbonyl (C=O) groups is 3. The summed E-state index contributed by atoms with van der Waals surface area (Å²) in [4.78, 5) is 54.9. The van der Waals surface area contributed by atoms with Gasteiger partial charge in [0.2, 0.25) is 10.0 Å². The fourth-order valence-electron chi connectivity index (χ4n) is 4.87. The molecule has 0 radical (unpaired) electrons. The zero-order valence-electron chi connectivity index (χ0n) is 31.0. The first-order chi connectivity index (χ1) is 26.4. The molecule has 2 aromatic heterocycles. The zero-order valence-corrected chi connectivity index (χ0v) is 34.8. The Kier molecular flexibility index (Phi) is 15.2. The van der Waals surface area contributed by atoms with Crippen LogP contribution in [0.25, 0.3) is 5.69 Å². The van der Waals surface area contributed by atoms with Crippen molar-refractivity contribution in [3.05, 3.63) is 95.3 Å². The van der Waals surface area contributed by atoms with E-state index >= 15 is 0 Å². The topological polar surface area (TPSA) is 224 Å². The maximum absolute atomic E-state index is 12.8. The maximum atomic E-state index is 12.8. The van der Waals surface area contributed by atoms with Gasteiger partial charge in [0, 0.05) is 6.20 Å². The number of aliphatic imine (C=N–C) groups is 1. The molecule has 0 bridgehead atoms. The van der Waals surface area contributed by atoms with Crippen LogP contribution in [0.3, 0.4) is 0 Å². The third kappa shape index (κ3) is 10.8. The molecule has 16 nitrogen and oxygen atoms in total. The third-order valence-electron chi connectivity index (χ3n) is 8.18. The number of carboxylic acid groups (broad SMARTS) is 2. The van der Waals surface area contributed by atoms with E-state index in [4.69, 9.17) is 56.2 Å². The number of pyridine rings is 1. The quantitative estimate of drug-likeness (QED) is 0.130. The van der Waals surface area contributed by atoms with Crippen LogP contribution in [0.1, 0.15) is 72.0 Å². The lowest BCUT2D eigenvalue weighted by Crippen LogP contribution is -2.41. The van der Waals surface area contributed by atoms with Gasteiger partial charge in [-0.1, -0.05) is 67.2 Å². The van der Waals surface area contributed by atoms with Gasteiger partial charge in [-0.15, -0.1) is 5.10 Å². The molecule has 0 saturated carbocycles. The molecule has 308 valence electrons. The normalized spacial score (nSPS) is 14.9. The number of carbonyl (C=O) groups excluding carboxylic acids is 1. The number of nitrogens with zero attached hydrogens (tertiary/aromatic N) is 5. The van der Waals surface area contributed by atoms with Crippen LogP contribution < -0.4 is 20.5 Å². The number of benzene rings is 2. The van der Waals surface area contributed by atoms with E-state index in [1.54, 1.807) is 19.2 Å². The highest BCUT2D eigenvalue weighted by atomic mass is 35.5. The predicted octanol–water partition coefficient (Wildman–Crippen LogP) is 6.75. The average Bonchev–Trinajstić information content (AvgIpc) is 3.59. The number of aromatic nitrogens is 4. The van der Waals surface area contributed by atoms with Crippen molar-refractivity contribution in [2.45, 2.75) is 53.1 Å². The molecule has 1 atom stereocenters. The first-order valence-corrected chi connectivity index (χ1v) is 19.6. The van der Waals surface area contributed by atoms with Crippen LogP contribution in [0.5, 0.6) is 5.75 Å². The number of aryl methyl sites for hydroxylation is 2. The Morgan fingerprint density at radius 2 is 1.63 bits per heavy atom. The van der Waals surface area contributed by atoms with Crippen molar-refractivity contribution in [1.29, 1.82) is 0 Å². The van der Waals surface area contributed by atoms with Crippen LogP contribution in [-0.2, 0) is 21.2 Å². The fourth-order valence-corrected chi connectivity index (χ4v) is 6.47. The van der Waals surface area contributed by atoms with Crippen LogP contribution >= 0.6 is 46.4 Å². The number of hydrogen-bond acceptors (Lipinski definition) is 10. The van der Waals surface area contributed by atoms with Crippen molar-refractivity contribution < 1.29 is 46.5 Å². The summed E-state index contributed by atoms with van der Waals surface area (Å²) in [5.41, 5.74) is -1.19. The van der Waals surface area contributed by atoms with Gasteiger partial charge in [-0.2, -0.15) is 13.5 Å². The molecule has 1 aliphatic heterocycles. The number of halogens is 6. The first-order valence-electron chi connectivity index (χ1n) is 16.2.